The van der Waals surface area contributed by atoms with Crippen LogP contribution in [0.3, 0.4) is 0 Å². The summed E-state index contributed by atoms with van der Waals surface area (Å²) in [5.74, 6) is -1.14. The summed E-state index contributed by atoms with van der Waals surface area (Å²) in [6.07, 6.45) is 36.8. The third kappa shape index (κ3) is 39.7. The molecule has 2 atom stereocenters. The molecule has 0 aliphatic rings. The molecule has 0 aliphatic heterocycles. The first-order valence-electron chi connectivity index (χ1n) is 23.4. The van der Waals surface area contributed by atoms with Gasteiger partial charge in [-0.1, -0.05) is 194 Å². The van der Waals surface area contributed by atoms with E-state index in [4.69, 9.17) is 27.8 Å². The van der Waals surface area contributed by atoms with Crippen molar-refractivity contribution in [2.24, 2.45) is 0 Å². The molecular weight excluding hydrogens is 745 g/mol. The van der Waals surface area contributed by atoms with Crippen molar-refractivity contribution in [3.63, 3.8) is 0 Å². The Kier molecular flexibility index (Phi) is 41.5. The maximum Gasteiger partial charge on any atom is 0.474 e. The molecule has 0 heterocycles. The van der Waals surface area contributed by atoms with Gasteiger partial charge in [-0.05, 0) is 12.8 Å². The average Bonchev–Trinajstić information content (AvgIpc) is 3.20. The maximum atomic E-state index is 13.0. The summed E-state index contributed by atoms with van der Waals surface area (Å²) < 4.78 is 44.6. The number of rotatable bonds is 45. The number of esters is 2. The Morgan fingerprint density at radius 1 is 0.509 bits per heavy atom. The Bertz CT molecular complexity index is 968. The molecule has 0 aliphatic carbocycles. The summed E-state index contributed by atoms with van der Waals surface area (Å²) in [6, 6.07) is 0. The number of phosphoric ester groups is 1. The molecule has 0 spiro atoms. The molecule has 0 bridgehead atoms. The van der Waals surface area contributed by atoms with Gasteiger partial charge in [0.1, 0.15) is 13.2 Å². The molecule has 1 N–H and O–H groups in total. The molecule has 2 unspecified atom stereocenters. The van der Waals surface area contributed by atoms with Crippen LogP contribution in [0.1, 0.15) is 219 Å². The summed E-state index contributed by atoms with van der Waals surface area (Å²) >= 11 is 0. The maximum absolute atomic E-state index is 13.0. The normalized spacial score (nSPS) is 13.0. The minimum atomic E-state index is -4.03. The summed E-state index contributed by atoms with van der Waals surface area (Å²) in [4.78, 5) is 37.0. The van der Waals surface area contributed by atoms with E-state index in [2.05, 4.69) is 19.2 Å². The second-order valence-electron chi connectivity index (χ2n) is 15.7. The van der Waals surface area contributed by atoms with E-state index in [0.717, 1.165) is 32.1 Å². The van der Waals surface area contributed by atoms with Crippen molar-refractivity contribution in [1.82, 2.24) is 5.32 Å². The molecule has 1 amide bonds. The molecule has 0 fully saturated rings. The lowest BCUT2D eigenvalue weighted by atomic mass is 10.0. The number of phosphoric acid groups is 1. The van der Waals surface area contributed by atoms with Crippen LogP contribution in [0, 0.1) is 0 Å². The van der Waals surface area contributed by atoms with E-state index in [-0.39, 0.29) is 57.7 Å². The fourth-order valence-electron chi connectivity index (χ4n) is 6.75. The zero-order valence-corrected chi connectivity index (χ0v) is 38.2. The zero-order chi connectivity index (χ0) is 41.9. The Morgan fingerprint density at radius 2 is 0.895 bits per heavy atom. The molecule has 338 valence electrons. The first-order chi connectivity index (χ1) is 27.8. The molecule has 0 saturated carbocycles. The van der Waals surface area contributed by atoms with Crippen LogP contribution in [0.15, 0.2) is 0 Å². The van der Waals surface area contributed by atoms with Crippen LogP contribution >= 0.6 is 7.82 Å². The Balaban J connectivity index is 4.46. The SMILES string of the molecule is CCCCCCCCCCCCCCCCCC(=O)OCC(COP(=O)(OC)OCCNC(=O)COC)OC(=O)CCCCCCCCCCCCCCCCC. The lowest BCUT2D eigenvalue weighted by Gasteiger charge is -2.21. The van der Waals surface area contributed by atoms with E-state index in [1.807, 2.05) is 0 Å². The van der Waals surface area contributed by atoms with Gasteiger partial charge in [0.25, 0.3) is 0 Å². The van der Waals surface area contributed by atoms with Crippen LogP contribution in [-0.4, -0.2) is 71.1 Å². The van der Waals surface area contributed by atoms with Gasteiger partial charge in [0.2, 0.25) is 5.91 Å². The molecule has 0 aromatic rings. The molecular formula is C45H88NO10P. The van der Waals surface area contributed by atoms with Crippen LogP contribution in [0.4, 0.5) is 0 Å². The lowest BCUT2D eigenvalue weighted by Crippen LogP contribution is -2.31. The summed E-state index contributed by atoms with van der Waals surface area (Å²) in [7, 11) is -1.45. The van der Waals surface area contributed by atoms with Crippen LogP contribution in [0.5, 0.6) is 0 Å². The van der Waals surface area contributed by atoms with Gasteiger partial charge in [-0.25, -0.2) is 4.57 Å². The predicted octanol–water partition coefficient (Wildman–Crippen LogP) is 12.5. The highest BCUT2D eigenvalue weighted by molar-refractivity contribution is 7.48. The molecule has 0 saturated heterocycles. The molecule has 11 nitrogen and oxygen atoms in total. The third-order valence-electron chi connectivity index (χ3n) is 10.3. The standard InChI is InChI=1S/C45H88NO10P/c1-5-7-9-11-13-15-17-19-21-23-25-27-29-31-33-35-44(48)53-39-42(40-55-57(50,52-4)54-38-37-46-43(47)41-51-3)56-45(49)36-34-32-30-28-26-24-22-20-18-16-14-12-10-8-6-2/h42H,5-41H2,1-4H3,(H,46,47). The Morgan fingerprint density at radius 3 is 1.28 bits per heavy atom. The van der Waals surface area contributed by atoms with E-state index in [9.17, 15) is 18.9 Å². The largest absolute Gasteiger partial charge is 0.474 e. The second kappa shape index (κ2) is 42.6. The van der Waals surface area contributed by atoms with Gasteiger partial charge in [-0.15, -0.1) is 0 Å². The average molecular weight is 834 g/mol. The fraction of sp³-hybridized carbons (Fsp3) is 0.933. The first kappa shape index (κ1) is 55.5. The van der Waals surface area contributed by atoms with Crippen molar-refractivity contribution < 1.29 is 46.7 Å². The van der Waals surface area contributed by atoms with Crippen molar-refractivity contribution in [2.75, 3.05) is 47.2 Å². The smallest absolute Gasteiger partial charge is 0.462 e. The monoisotopic (exact) mass is 834 g/mol. The molecule has 0 aromatic heterocycles. The van der Waals surface area contributed by atoms with E-state index in [1.165, 1.54) is 168 Å². The highest BCUT2D eigenvalue weighted by Crippen LogP contribution is 2.48. The quantitative estimate of drug-likeness (QED) is 0.0359. The Hall–Kier alpha value is -1.52. The topological polar surface area (TPSA) is 136 Å². The van der Waals surface area contributed by atoms with Crippen molar-refractivity contribution in [2.45, 2.75) is 225 Å². The van der Waals surface area contributed by atoms with Crippen LogP contribution in [0.25, 0.3) is 0 Å². The van der Waals surface area contributed by atoms with E-state index in [0.29, 0.717) is 6.42 Å². The highest BCUT2D eigenvalue weighted by atomic mass is 31.2. The number of carbonyl (C=O) groups is 3. The summed E-state index contributed by atoms with van der Waals surface area (Å²) in [5, 5.41) is 2.56. The molecule has 0 aromatic carbocycles. The second-order valence-corrected chi connectivity index (χ2v) is 17.5. The van der Waals surface area contributed by atoms with E-state index < -0.39 is 19.9 Å². The third-order valence-corrected chi connectivity index (χ3v) is 11.7. The molecule has 0 rings (SSSR count). The first-order valence-corrected chi connectivity index (χ1v) is 24.8. The number of unbranched alkanes of at least 4 members (excludes halogenated alkanes) is 28. The highest BCUT2D eigenvalue weighted by Gasteiger charge is 2.28. The minimum absolute atomic E-state index is 0.0630. The van der Waals surface area contributed by atoms with E-state index in [1.54, 1.807) is 0 Å². The summed E-state index contributed by atoms with van der Waals surface area (Å²) in [6.45, 7) is 3.76. The van der Waals surface area contributed by atoms with Gasteiger partial charge < -0.3 is 19.5 Å². The fourth-order valence-corrected chi connectivity index (χ4v) is 7.70. The van der Waals surface area contributed by atoms with Gasteiger partial charge in [0.15, 0.2) is 6.10 Å². The van der Waals surface area contributed by atoms with Gasteiger partial charge in [-0.2, -0.15) is 0 Å². The number of hydrogen-bond donors (Lipinski definition) is 1. The van der Waals surface area contributed by atoms with Crippen molar-refractivity contribution in [3.05, 3.63) is 0 Å². The number of methoxy groups -OCH3 is 1. The van der Waals surface area contributed by atoms with Crippen LogP contribution in [0.2, 0.25) is 0 Å². The number of carbonyl (C=O) groups excluding carboxylic acids is 3. The van der Waals surface area contributed by atoms with E-state index >= 15 is 0 Å². The van der Waals surface area contributed by atoms with Gasteiger partial charge in [0.05, 0.1) is 13.2 Å². The van der Waals surface area contributed by atoms with Gasteiger partial charge in [0, 0.05) is 33.6 Å². The predicted molar refractivity (Wildman–Crippen MR) is 231 cm³/mol. The molecule has 57 heavy (non-hydrogen) atoms. The Labute approximate surface area is 349 Å². The van der Waals surface area contributed by atoms with Crippen LogP contribution in [-0.2, 0) is 46.7 Å². The lowest BCUT2D eigenvalue weighted by molar-refractivity contribution is -0.161. The van der Waals surface area contributed by atoms with Crippen molar-refractivity contribution in [1.29, 1.82) is 0 Å². The zero-order valence-electron chi connectivity index (χ0n) is 37.3. The number of ether oxygens (including phenoxy) is 3. The number of nitrogens with one attached hydrogen (secondary N) is 1. The van der Waals surface area contributed by atoms with Crippen molar-refractivity contribution in [3.8, 4) is 0 Å². The minimum Gasteiger partial charge on any atom is -0.462 e. The number of hydrogen-bond acceptors (Lipinski definition) is 10. The number of amides is 1. The van der Waals surface area contributed by atoms with Crippen LogP contribution < -0.4 is 5.32 Å². The molecule has 0 radical (unpaired) electrons. The van der Waals surface area contributed by atoms with Gasteiger partial charge >= 0.3 is 19.8 Å². The summed E-state index contributed by atoms with van der Waals surface area (Å²) in [5.41, 5.74) is 0. The van der Waals surface area contributed by atoms with Gasteiger partial charge in [-0.3, -0.25) is 28.0 Å². The van der Waals surface area contributed by atoms with Crippen molar-refractivity contribution >= 4 is 25.7 Å². The molecule has 12 heteroatoms.